The molecule has 1 N–H and O–H groups in total. The summed E-state index contributed by atoms with van der Waals surface area (Å²) in [6.07, 6.45) is -0.390. The smallest absolute Gasteiger partial charge is 0.265 e. The van der Waals surface area contributed by atoms with Crippen molar-refractivity contribution in [1.82, 2.24) is 0 Å². The molecule has 3 nitrogen and oxygen atoms in total. The molecule has 0 bridgehead atoms. The van der Waals surface area contributed by atoms with Gasteiger partial charge in [-0.15, -0.1) is 0 Å². The third-order valence-corrected chi connectivity index (χ3v) is 2.81. The summed E-state index contributed by atoms with van der Waals surface area (Å²) in [5, 5.41) is 2.84. The Morgan fingerprint density at radius 1 is 1.47 bits per heavy atom. The van der Waals surface area contributed by atoms with Crippen molar-refractivity contribution in [1.29, 1.82) is 0 Å². The molecule has 0 aromatic heterocycles. The van der Waals surface area contributed by atoms with Gasteiger partial charge in [0.15, 0.2) is 6.10 Å². The Hall–Kier alpha value is -1.03. The Bertz CT molecular complexity index is 404. The highest BCUT2D eigenvalue weighted by Gasteiger charge is 2.29. The number of carbonyl (C=O) groups excluding carboxylic acids is 1. The molecule has 2 rings (SSSR count). The van der Waals surface area contributed by atoms with Gasteiger partial charge in [0.05, 0.1) is 5.69 Å². The summed E-state index contributed by atoms with van der Waals surface area (Å²) >= 11 is 3.35. The van der Waals surface area contributed by atoms with E-state index in [1.165, 1.54) is 0 Å². The van der Waals surface area contributed by atoms with Gasteiger partial charge in [-0.3, -0.25) is 4.79 Å². The summed E-state index contributed by atoms with van der Waals surface area (Å²) in [5.41, 5.74) is 0.728. The zero-order valence-electron chi connectivity index (χ0n) is 8.58. The number of anilines is 1. The van der Waals surface area contributed by atoms with E-state index >= 15 is 0 Å². The van der Waals surface area contributed by atoms with E-state index < -0.39 is 6.10 Å². The normalized spacial score (nSPS) is 19.5. The van der Waals surface area contributed by atoms with Gasteiger partial charge in [0, 0.05) is 4.47 Å². The third-order valence-electron chi connectivity index (χ3n) is 2.32. The minimum Gasteiger partial charge on any atom is -0.478 e. The lowest BCUT2D eigenvalue weighted by Crippen LogP contribution is -2.40. The van der Waals surface area contributed by atoms with Crippen molar-refractivity contribution in [3.8, 4) is 5.75 Å². The molecule has 15 heavy (non-hydrogen) atoms. The van der Waals surface area contributed by atoms with E-state index in [2.05, 4.69) is 21.2 Å². The SMILES string of the molecule is CC(C)C1Oc2ccc(Br)cc2NC1=O. The largest absolute Gasteiger partial charge is 0.478 e. The Morgan fingerprint density at radius 2 is 2.20 bits per heavy atom. The molecule has 0 saturated carbocycles. The topological polar surface area (TPSA) is 38.3 Å². The summed E-state index contributed by atoms with van der Waals surface area (Å²) in [6.45, 7) is 3.93. The van der Waals surface area contributed by atoms with Crippen molar-refractivity contribution in [2.75, 3.05) is 5.32 Å². The van der Waals surface area contributed by atoms with E-state index in [1.807, 2.05) is 32.0 Å². The molecule has 80 valence electrons. The number of carbonyl (C=O) groups is 1. The van der Waals surface area contributed by atoms with Crippen LogP contribution in [0.15, 0.2) is 22.7 Å². The first kappa shape index (κ1) is 10.5. The molecule has 1 aliphatic heterocycles. The van der Waals surface area contributed by atoms with Gasteiger partial charge in [-0.05, 0) is 24.1 Å². The van der Waals surface area contributed by atoms with Gasteiger partial charge < -0.3 is 10.1 Å². The molecule has 0 radical (unpaired) electrons. The highest BCUT2D eigenvalue weighted by molar-refractivity contribution is 9.10. The lowest BCUT2D eigenvalue weighted by molar-refractivity contribution is -0.125. The molecular weight excluding hydrogens is 258 g/mol. The predicted octanol–water partition coefficient (Wildman–Crippen LogP) is 2.80. The first-order valence-corrected chi connectivity index (χ1v) is 5.64. The Balaban J connectivity index is 2.34. The molecule has 0 saturated heterocycles. The molecule has 1 heterocycles. The van der Waals surface area contributed by atoms with Crippen molar-refractivity contribution in [3.05, 3.63) is 22.7 Å². The molecule has 1 aliphatic rings. The summed E-state index contributed by atoms with van der Waals surface area (Å²) in [6, 6.07) is 5.59. The van der Waals surface area contributed by atoms with Crippen molar-refractivity contribution in [2.24, 2.45) is 5.92 Å². The van der Waals surface area contributed by atoms with Gasteiger partial charge in [0.2, 0.25) is 0 Å². The lowest BCUT2D eigenvalue weighted by atomic mass is 10.0. The molecule has 1 unspecified atom stereocenters. The van der Waals surface area contributed by atoms with Crippen LogP contribution in [-0.2, 0) is 4.79 Å². The van der Waals surface area contributed by atoms with E-state index in [0.717, 1.165) is 15.9 Å². The summed E-state index contributed by atoms with van der Waals surface area (Å²) in [7, 11) is 0. The van der Waals surface area contributed by atoms with Gasteiger partial charge in [0.25, 0.3) is 5.91 Å². The molecule has 1 aromatic carbocycles. The maximum atomic E-state index is 11.7. The van der Waals surface area contributed by atoms with Crippen LogP contribution in [0.5, 0.6) is 5.75 Å². The van der Waals surface area contributed by atoms with Crippen LogP contribution >= 0.6 is 15.9 Å². The van der Waals surface area contributed by atoms with Crippen molar-refractivity contribution in [2.45, 2.75) is 20.0 Å². The monoisotopic (exact) mass is 269 g/mol. The van der Waals surface area contributed by atoms with Crippen LogP contribution in [0.2, 0.25) is 0 Å². The lowest BCUT2D eigenvalue weighted by Gasteiger charge is -2.28. The minimum atomic E-state index is -0.390. The highest BCUT2D eigenvalue weighted by Crippen LogP contribution is 2.33. The minimum absolute atomic E-state index is 0.0735. The molecule has 0 aliphatic carbocycles. The van der Waals surface area contributed by atoms with Crippen LogP contribution in [0, 0.1) is 5.92 Å². The van der Waals surface area contributed by atoms with Gasteiger partial charge in [-0.25, -0.2) is 0 Å². The molecular formula is C11H12BrNO2. The fourth-order valence-corrected chi connectivity index (χ4v) is 1.90. The molecule has 1 aromatic rings. The van der Waals surface area contributed by atoms with Gasteiger partial charge in [0.1, 0.15) is 5.75 Å². The third kappa shape index (κ3) is 2.00. The van der Waals surface area contributed by atoms with Gasteiger partial charge >= 0.3 is 0 Å². The zero-order valence-corrected chi connectivity index (χ0v) is 10.2. The molecule has 4 heteroatoms. The number of nitrogens with one attached hydrogen (secondary N) is 1. The maximum absolute atomic E-state index is 11.7. The molecule has 1 amide bonds. The Kier molecular flexibility index (Phi) is 2.69. The van der Waals surface area contributed by atoms with Crippen LogP contribution < -0.4 is 10.1 Å². The average Bonchev–Trinajstić information content (AvgIpc) is 2.15. The number of hydrogen-bond acceptors (Lipinski definition) is 2. The fourth-order valence-electron chi connectivity index (χ4n) is 1.54. The van der Waals surface area contributed by atoms with E-state index in [9.17, 15) is 4.79 Å². The summed E-state index contributed by atoms with van der Waals surface area (Å²) in [5.74, 6) is 0.828. The van der Waals surface area contributed by atoms with Crippen molar-refractivity contribution >= 4 is 27.5 Å². The molecule has 0 fully saturated rings. The second-order valence-corrected chi connectivity index (χ2v) is 4.83. The van der Waals surface area contributed by atoms with Crippen LogP contribution in [0.1, 0.15) is 13.8 Å². The maximum Gasteiger partial charge on any atom is 0.265 e. The van der Waals surface area contributed by atoms with Crippen LogP contribution in [0.25, 0.3) is 0 Å². The number of rotatable bonds is 1. The number of fused-ring (bicyclic) bond motifs is 1. The number of ether oxygens (including phenoxy) is 1. The average molecular weight is 270 g/mol. The summed E-state index contributed by atoms with van der Waals surface area (Å²) < 4.78 is 6.55. The second kappa shape index (κ2) is 3.85. The van der Waals surface area contributed by atoms with E-state index in [0.29, 0.717) is 0 Å². The van der Waals surface area contributed by atoms with Crippen LogP contribution in [0.3, 0.4) is 0 Å². The van der Waals surface area contributed by atoms with Gasteiger partial charge in [-0.2, -0.15) is 0 Å². The number of benzene rings is 1. The predicted molar refractivity (Wildman–Crippen MR) is 62.0 cm³/mol. The van der Waals surface area contributed by atoms with Gasteiger partial charge in [-0.1, -0.05) is 29.8 Å². The van der Waals surface area contributed by atoms with Crippen LogP contribution in [-0.4, -0.2) is 12.0 Å². The van der Waals surface area contributed by atoms with Crippen molar-refractivity contribution in [3.63, 3.8) is 0 Å². The molecule has 0 spiro atoms. The number of halogens is 1. The standard InChI is InChI=1S/C11H12BrNO2/c1-6(2)10-11(14)13-8-5-7(12)3-4-9(8)15-10/h3-6,10H,1-2H3,(H,13,14). The number of amides is 1. The van der Waals surface area contributed by atoms with E-state index in [1.54, 1.807) is 0 Å². The zero-order chi connectivity index (χ0) is 11.0. The van der Waals surface area contributed by atoms with E-state index in [4.69, 9.17) is 4.74 Å². The second-order valence-electron chi connectivity index (χ2n) is 3.91. The van der Waals surface area contributed by atoms with E-state index in [-0.39, 0.29) is 11.8 Å². The first-order chi connectivity index (χ1) is 7.08. The fraction of sp³-hybridized carbons (Fsp3) is 0.364. The highest BCUT2D eigenvalue weighted by atomic mass is 79.9. The Labute approximate surface area is 96.9 Å². The summed E-state index contributed by atoms with van der Waals surface area (Å²) in [4.78, 5) is 11.7. The quantitative estimate of drug-likeness (QED) is 0.852. The van der Waals surface area contributed by atoms with Crippen molar-refractivity contribution < 1.29 is 9.53 Å². The van der Waals surface area contributed by atoms with Crippen LogP contribution in [0.4, 0.5) is 5.69 Å². The molecule has 1 atom stereocenters. The Morgan fingerprint density at radius 3 is 2.87 bits per heavy atom. The first-order valence-electron chi connectivity index (χ1n) is 4.85. The number of hydrogen-bond donors (Lipinski definition) is 1.